The number of carbonyl (C=O) groups excluding carboxylic acids is 2. The first kappa shape index (κ1) is 13.8. The summed E-state index contributed by atoms with van der Waals surface area (Å²) < 4.78 is 0. The van der Waals surface area contributed by atoms with Crippen LogP contribution in [0.3, 0.4) is 0 Å². The Labute approximate surface area is 124 Å². The number of hydrogen-bond acceptors (Lipinski definition) is 3. The predicted octanol–water partition coefficient (Wildman–Crippen LogP) is 3.15. The molecule has 3 rings (SSSR count). The summed E-state index contributed by atoms with van der Waals surface area (Å²) in [4.78, 5) is 26.4. The van der Waals surface area contributed by atoms with Crippen LogP contribution in [0.4, 0.5) is 0 Å². The average molecular weight is 282 g/mol. The lowest BCUT2D eigenvalue weighted by Crippen LogP contribution is -2.52. The lowest BCUT2D eigenvalue weighted by molar-refractivity contribution is 0.0414. The van der Waals surface area contributed by atoms with Gasteiger partial charge in [-0.3, -0.25) is 14.5 Å². The molecule has 4 nitrogen and oxygen atoms in total. The van der Waals surface area contributed by atoms with E-state index in [2.05, 4.69) is 13.0 Å². The zero-order valence-corrected chi connectivity index (χ0v) is 12.1. The molecule has 1 aromatic rings. The minimum Gasteiger partial charge on any atom is -0.269 e. The largest absolute Gasteiger partial charge is 0.269 e. The summed E-state index contributed by atoms with van der Waals surface area (Å²) in [6.45, 7) is 2.14. The number of imide groups is 1. The molecule has 21 heavy (non-hydrogen) atoms. The van der Waals surface area contributed by atoms with E-state index >= 15 is 0 Å². The maximum Gasteiger partial charge on any atom is 0.262 e. The minimum absolute atomic E-state index is 0.313. The molecule has 0 atom stereocenters. The monoisotopic (exact) mass is 282 g/mol. The van der Waals surface area contributed by atoms with Gasteiger partial charge in [0, 0.05) is 0 Å². The second-order valence-electron chi connectivity index (χ2n) is 5.99. The molecule has 1 heterocycles. The first-order valence-corrected chi connectivity index (χ1v) is 7.52. The first-order valence-electron chi connectivity index (χ1n) is 7.52. The van der Waals surface area contributed by atoms with E-state index in [1.165, 1.54) is 4.90 Å². The molecule has 1 saturated carbocycles. The van der Waals surface area contributed by atoms with E-state index in [4.69, 9.17) is 0 Å². The molecule has 0 aromatic heterocycles. The van der Waals surface area contributed by atoms with E-state index < -0.39 is 5.54 Å². The zero-order chi connectivity index (χ0) is 15.0. The smallest absolute Gasteiger partial charge is 0.262 e. The fraction of sp³-hybridized carbons (Fsp3) is 0.471. The van der Waals surface area contributed by atoms with E-state index in [9.17, 15) is 14.9 Å². The lowest BCUT2D eigenvalue weighted by Gasteiger charge is -2.40. The molecule has 1 aliphatic carbocycles. The Kier molecular flexibility index (Phi) is 3.29. The Morgan fingerprint density at radius 3 is 2.14 bits per heavy atom. The first-order chi connectivity index (χ1) is 10.1. The van der Waals surface area contributed by atoms with Gasteiger partial charge in [0.1, 0.15) is 5.54 Å². The van der Waals surface area contributed by atoms with Crippen molar-refractivity contribution >= 4 is 11.8 Å². The number of nitriles is 1. The molecule has 1 aliphatic heterocycles. The molecular weight excluding hydrogens is 264 g/mol. The second kappa shape index (κ2) is 5.00. The van der Waals surface area contributed by atoms with Crippen LogP contribution in [0.5, 0.6) is 0 Å². The van der Waals surface area contributed by atoms with Gasteiger partial charge in [-0.05, 0) is 43.7 Å². The van der Waals surface area contributed by atoms with Crippen molar-refractivity contribution in [1.82, 2.24) is 4.90 Å². The molecule has 0 N–H and O–H groups in total. The number of benzene rings is 1. The van der Waals surface area contributed by atoms with E-state index in [1.807, 2.05) is 0 Å². The van der Waals surface area contributed by atoms with E-state index in [0.717, 1.165) is 19.3 Å². The Morgan fingerprint density at radius 1 is 1.19 bits per heavy atom. The molecule has 2 aliphatic rings. The van der Waals surface area contributed by atoms with E-state index in [0.29, 0.717) is 29.9 Å². The van der Waals surface area contributed by atoms with Crippen molar-refractivity contribution in [3.63, 3.8) is 0 Å². The second-order valence-corrected chi connectivity index (χ2v) is 5.99. The van der Waals surface area contributed by atoms with Crippen LogP contribution in [-0.2, 0) is 0 Å². The Bertz CT molecular complexity index is 601. The summed E-state index contributed by atoms with van der Waals surface area (Å²) in [6.07, 6.45) is 4.07. The molecule has 0 bridgehead atoms. The van der Waals surface area contributed by atoms with E-state index in [1.54, 1.807) is 24.3 Å². The third-order valence-electron chi connectivity index (χ3n) is 4.94. The third kappa shape index (κ3) is 1.96. The number of carbonyl (C=O) groups is 2. The molecule has 1 fully saturated rings. The predicted molar refractivity (Wildman–Crippen MR) is 77.5 cm³/mol. The van der Waals surface area contributed by atoms with Gasteiger partial charge in [-0.2, -0.15) is 5.26 Å². The van der Waals surface area contributed by atoms with Gasteiger partial charge < -0.3 is 0 Å². The van der Waals surface area contributed by atoms with Gasteiger partial charge in [0.2, 0.25) is 0 Å². The van der Waals surface area contributed by atoms with Crippen LogP contribution in [0.25, 0.3) is 0 Å². The van der Waals surface area contributed by atoms with Crippen molar-refractivity contribution in [1.29, 1.82) is 5.26 Å². The van der Waals surface area contributed by atoms with Crippen molar-refractivity contribution < 1.29 is 9.59 Å². The minimum atomic E-state index is -0.959. The fourth-order valence-corrected chi connectivity index (χ4v) is 3.53. The van der Waals surface area contributed by atoms with Crippen molar-refractivity contribution in [2.24, 2.45) is 5.92 Å². The highest BCUT2D eigenvalue weighted by atomic mass is 16.2. The number of nitrogens with zero attached hydrogens (tertiary/aromatic N) is 2. The maximum absolute atomic E-state index is 12.6. The highest BCUT2D eigenvalue weighted by molar-refractivity contribution is 6.22. The van der Waals surface area contributed by atoms with Crippen LogP contribution >= 0.6 is 0 Å². The van der Waals surface area contributed by atoms with Crippen LogP contribution < -0.4 is 0 Å². The summed E-state index contributed by atoms with van der Waals surface area (Å²) in [6, 6.07) is 9.12. The lowest BCUT2D eigenvalue weighted by atomic mass is 9.75. The Morgan fingerprint density at radius 2 is 1.71 bits per heavy atom. The van der Waals surface area contributed by atoms with Crippen molar-refractivity contribution in [3.8, 4) is 6.07 Å². The van der Waals surface area contributed by atoms with Gasteiger partial charge in [-0.1, -0.05) is 25.5 Å². The zero-order valence-electron chi connectivity index (χ0n) is 12.1. The standard InChI is InChI=1S/C17H18N2O2/c1-2-12-7-9-17(11-18,10-8-12)19-15(20)13-5-3-4-6-14(13)16(19)21/h3-6,12H,2,7-10H2,1H3. The highest BCUT2D eigenvalue weighted by Crippen LogP contribution is 2.41. The summed E-state index contributed by atoms with van der Waals surface area (Å²) >= 11 is 0. The summed E-state index contributed by atoms with van der Waals surface area (Å²) in [7, 11) is 0. The quantitative estimate of drug-likeness (QED) is 0.783. The average Bonchev–Trinajstić information content (AvgIpc) is 2.80. The van der Waals surface area contributed by atoms with Crippen LogP contribution in [0, 0.1) is 17.2 Å². The fourth-order valence-electron chi connectivity index (χ4n) is 3.53. The number of hydrogen-bond donors (Lipinski definition) is 0. The van der Waals surface area contributed by atoms with Crippen molar-refractivity contribution in [2.45, 2.75) is 44.6 Å². The number of fused-ring (bicyclic) bond motifs is 1. The molecule has 108 valence electrons. The van der Waals surface area contributed by atoms with Gasteiger partial charge in [0.05, 0.1) is 17.2 Å². The third-order valence-corrected chi connectivity index (χ3v) is 4.94. The number of amides is 2. The molecule has 2 amide bonds. The van der Waals surface area contributed by atoms with Gasteiger partial charge in [-0.25, -0.2) is 0 Å². The Balaban J connectivity index is 1.96. The van der Waals surface area contributed by atoms with Gasteiger partial charge in [0.15, 0.2) is 0 Å². The van der Waals surface area contributed by atoms with Gasteiger partial charge in [0.25, 0.3) is 11.8 Å². The molecule has 4 heteroatoms. The molecule has 0 spiro atoms. The van der Waals surface area contributed by atoms with Crippen molar-refractivity contribution in [2.75, 3.05) is 0 Å². The van der Waals surface area contributed by atoms with Crippen LogP contribution in [-0.4, -0.2) is 22.3 Å². The number of rotatable bonds is 2. The SMILES string of the molecule is CCC1CCC(C#N)(N2C(=O)c3ccccc3C2=O)CC1. The highest BCUT2D eigenvalue weighted by Gasteiger charge is 2.50. The van der Waals surface area contributed by atoms with Gasteiger partial charge in [-0.15, -0.1) is 0 Å². The van der Waals surface area contributed by atoms with Crippen LogP contribution in [0.15, 0.2) is 24.3 Å². The van der Waals surface area contributed by atoms with Crippen LogP contribution in [0.2, 0.25) is 0 Å². The molecule has 0 saturated heterocycles. The summed E-state index contributed by atoms with van der Waals surface area (Å²) in [5, 5.41) is 9.68. The van der Waals surface area contributed by atoms with Crippen LogP contribution in [0.1, 0.15) is 59.7 Å². The van der Waals surface area contributed by atoms with Crippen molar-refractivity contribution in [3.05, 3.63) is 35.4 Å². The Hall–Kier alpha value is -2.15. The topological polar surface area (TPSA) is 61.2 Å². The molecule has 1 aromatic carbocycles. The molecule has 0 radical (unpaired) electrons. The molecule has 0 unspecified atom stereocenters. The summed E-state index contributed by atoms with van der Waals surface area (Å²) in [5.41, 5.74) is -0.108. The summed E-state index contributed by atoms with van der Waals surface area (Å²) in [5.74, 6) is -0.0270. The normalized spacial score (nSPS) is 28.4. The maximum atomic E-state index is 12.6. The molecular formula is C17H18N2O2. The van der Waals surface area contributed by atoms with Gasteiger partial charge >= 0.3 is 0 Å². The van der Waals surface area contributed by atoms with E-state index in [-0.39, 0.29) is 11.8 Å².